The summed E-state index contributed by atoms with van der Waals surface area (Å²) < 4.78 is 0. The first-order valence-corrected chi connectivity index (χ1v) is 23.5. The third-order valence-corrected chi connectivity index (χ3v) is 11.8. The summed E-state index contributed by atoms with van der Waals surface area (Å²) in [7, 11) is 0. The Labute approximate surface area is 353 Å². The van der Waals surface area contributed by atoms with E-state index in [0.717, 1.165) is 183 Å². The Morgan fingerprint density at radius 1 is 0.241 bits per heavy atom. The van der Waals surface area contributed by atoms with Gasteiger partial charge in [-0.1, -0.05) is 48.5 Å². The molecule has 0 amide bonds. The van der Waals surface area contributed by atoms with Gasteiger partial charge in [0.15, 0.2) is 0 Å². The van der Waals surface area contributed by atoms with Crippen LogP contribution in [0.15, 0.2) is 48.5 Å². The van der Waals surface area contributed by atoms with Crippen molar-refractivity contribution in [1.82, 2.24) is 62.1 Å². The molecule has 0 saturated carbocycles. The van der Waals surface area contributed by atoms with Gasteiger partial charge in [0.05, 0.1) is 0 Å². The first-order valence-electron chi connectivity index (χ1n) is 23.5. The lowest BCUT2D eigenvalue weighted by molar-refractivity contribution is 0.189. The second-order valence-corrected chi connectivity index (χ2v) is 16.9. The van der Waals surface area contributed by atoms with Gasteiger partial charge < -0.3 is 42.5 Å². The Morgan fingerprint density at radius 3 is 0.741 bits per heavy atom. The molecule has 12 nitrogen and oxygen atoms in total. The van der Waals surface area contributed by atoms with Gasteiger partial charge in [-0.3, -0.25) is 19.6 Å². The fraction of sp³-hybridized carbons (Fsp3) is 0.739. The van der Waals surface area contributed by atoms with Crippen molar-refractivity contribution >= 4 is 0 Å². The lowest BCUT2D eigenvalue weighted by atomic mass is 10.1. The number of nitrogens with one attached hydrogen (secondary N) is 8. The minimum Gasteiger partial charge on any atom is -0.315 e. The fourth-order valence-corrected chi connectivity index (χ4v) is 8.29. The fourth-order valence-electron chi connectivity index (χ4n) is 8.29. The molecular formula is C46H84N12. The van der Waals surface area contributed by atoms with Crippen LogP contribution in [0.1, 0.15) is 60.8 Å². The Morgan fingerprint density at radius 2 is 0.466 bits per heavy atom. The van der Waals surface area contributed by atoms with E-state index in [1.165, 1.54) is 60.8 Å². The van der Waals surface area contributed by atoms with Crippen LogP contribution in [0.3, 0.4) is 0 Å². The van der Waals surface area contributed by atoms with Gasteiger partial charge in [-0.15, -0.1) is 0 Å². The SMILES string of the molecule is c1cc(CN2CCCNCCNCCCN(Cc3ccc(CN4CCCNCCNCCCNCC4)cc3)CC2)ccc1CN1CCCNCCNCCCNCC1. The smallest absolute Gasteiger partial charge is 0.0234 e. The van der Waals surface area contributed by atoms with Crippen LogP contribution in [0.25, 0.3) is 0 Å². The number of hydrogen-bond donors (Lipinski definition) is 8. The van der Waals surface area contributed by atoms with Crippen molar-refractivity contribution in [3.63, 3.8) is 0 Å². The molecule has 3 aliphatic heterocycles. The maximum atomic E-state index is 3.67. The summed E-state index contributed by atoms with van der Waals surface area (Å²) in [6.45, 7) is 30.1. The predicted octanol–water partition coefficient (Wildman–Crippen LogP) is 1.69. The molecule has 58 heavy (non-hydrogen) atoms. The average molecular weight is 805 g/mol. The van der Waals surface area contributed by atoms with E-state index in [-0.39, 0.29) is 0 Å². The van der Waals surface area contributed by atoms with Gasteiger partial charge in [-0.2, -0.15) is 0 Å². The molecule has 5 rings (SSSR count). The summed E-state index contributed by atoms with van der Waals surface area (Å²) >= 11 is 0. The molecule has 0 radical (unpaired) electrons. The predicted molar refractivity (Wildman–Crippen MR) is 245 cm³/mol. The second kappa shape index (κ2) is 30.9. The highest BCUT2D eigenvalue weighted by atomic mass is 15.2. The minimum atomic E-state index is 1.01. The van der Waals surface area contributed by atoms with Crippen LogP contribution in [-0.2, 0) is 26.2 Å². The van der Waals surface area contributed by atoms with Crippen LogP contribution >= 0.6 is 0 Å². The van der Waals surface area contributed by atoms with Gasteiger partial charge >= 0.3 is 0 Å². The highest BCUT2D eigenvalue weighted by Crippen LogP contribution is 2.14. The topological polar surface area (TPSA) is 109 Å². The standard InChI is InChI=1S/C46H84N12/c1-15-47-23-25-49-19-3-31-55(35-29-53-17-1)39-43-7-11-45(12-8-43)41-57-33-5-21-51-27-28-52-22-6-34-58(38-37-57)42-46-13-9-44(10-14-46)40-56-32-4-20-50-26-24-48-16-2-18-54-30-36-56/h7-14,47-54H,1-6,15-42H2. The number of benzene rings is 2. The molecule has 0 atom stereocenters. The zero-order valence-electron chi connectivity index (χ0n) is 36.4. The van der Waals surface area contributed by atoms with E-state index in [4.69, 9.17) is 0 Å². The summed E-state index contributed by atoms with van der Waals surface area (Å²) in [5.74, 6) is 0. The molecule has 0 aliphatic carbocycles. The van der Waals surface area contributed by atoms with E-state index in [9.17, 15) is 0 Å². The number of hydrogen-bond acceptors (Lipinski definition) is 12. The second-order valence-electron chi connectivity index (χ2n) is 16.9. The molecule has 0 unspecified atom stereocenters. The van der Waals surface area contributed by atoms with Crippen LogP contribution in [0.2, 0.25) is 0 Å². The zero-order valence-corrected chi connectivity index (χ0v) is 36.4. The molecular weight excluding hydrogens is 721 g/mol. The minimum absolute atomic E-state index is 1.01. The van der Waals surface area contributed by atoms with Gasteiger partial charge in [0.2, 0.25) is 0 Å². The molecule has 0 bridgehead atoms. The quantitative estimate of drug-likeness (QED) is 0.199. The Kier molecular flexibility index (Phi) is 25.1. The van der Waals surface area contributed by atoms with Crippen molar-refractivity contribution in [2.75, 3.05) is 157 Å². The van der Waals surface area contributed by atoms with Crippen LogP contribution in [0, 0.1) is 0 Å². The summed E-state index contributed by atoms with van der Waals surface area (Å²) in [5.41, 5.74) is 5.71. The van der Waals surface area contributed by atoms with Crippen LogP contribution in [0.4, 0.5) is 0 Å². The molecule has 3 fully saturated rings. The van der Waals surface area contributed by atoms with Crippen molar-refractivity contribution in [2.45, 2.75) is 64.7 Å². The van der Waals surface area contributed by atoms with Gasteiger partial charge in [-0.05, 0) is 139 Å². The van der Waals surface area contributed by atoms with Crippen molar-refractivity contribution in [3.05, 3.63) is 70.8 Å². The molecule has 0 spiro atoms. The van der Waals surface area contributed by atoms with E-state index in [1.807, 2.05) is 0 Å². The molecule has 3 heterocycles. The first kappa shape index (κ1) is 47.0. The largest absolute Gasteiger partial charge is 0.315 e. The van der Waals surface area contributed by atoms with Crippen LogP contribution < -0.4 is 42.5 Å². The molecule has 328 valence electrons. The Bertz CT molecular complexity index is 1140. The van der Waals surface area contributed by atoms with E-state index < -0.39 is 0 Å². The molecule has 12 heteroatoms. The first-order chi connectivity index (χ1) is 28.8. The summed E-state index contributed by atoms with van der Waals surface area (Å²) in [4.78, 5) is 10.7. The van der Waals surface area contributed by atoms with E-state index in [0.29, 0.717) is 0 Å². The molecule has 0 aromatic heterocycles. The zero-order chi connectivity index (χ0) is 40.0. The van der Waals surface area contributed by atoms with E-state index in [2.05, 4.69) is 111 Å². The van der Waals surface area contributed by atoms with Crippen LogP contribution in [-0.4, -0.2) is 177 Å². The number of nitrogens with zero attached hydrogens (tertiary/aromatic N) is 4. The van der Waals surface area contributed by atoms with Gasteiger partial charge in [0.1, 0.15) is 0 Å². The normalized spacial score (nSPS) is 22.6. The van der Waals surface area contributed by atoms with Gasteiger partial charge in [-0.25, -0.2) is 0 Å². The third kappa shape index (κ3) is 21.5. The van der Waals surface area contributed by atoms with E-state index in [1.54, 1.807) is 0 Å². The lowest BCUT2D eigenvalue weighted by Gasteiger charge is -2.29. The monoisotopic (exact) mass is 805 g/mol. The van der Waals surface area contributed by atoms with Crippen molar-refractivity contribution in [1.29, 1.82) is 0 Å². The van der Waals surface area contributed by atoms with Gasteiger partial charge in [0, 0.05) is 105 Å². The summed E-state index contributed by atoms with van der Waals surface area (Å²) in [5, 5.41) is 29.0. The van der Waals surface area contributed by atoms with Crippen molar-refractivity contribution in [2.24, 2.45) is 0 Å². The molecule has 2 aromatic rings. The van der Waals surface area contributed by atoms with Crippen LogP contribution in [0.5, 0.6) is 0 Å². The van der Waals surface area contributed by atoms with Crippen molar-refractivity contribution < 1.29 is 0 Å². The molecule has 8 N–H and O–H groups in total. The molecule has 2 aromatic carbocycles. The average Bonchev–Trinajstić information content (AvgIpc) is 3.24. The van der Waals surface area contributed by atoms with Crippen molar-refractivity contribution in [3.8, 4) is 0 Å². The third-order valence-electron chi connectivity index (χ3n) is 11.8. The Hall–Kier alpha value is -2.04. The number of rotatable bonds is 8. The maximum Gasteiger partial charge on any atom is 0.0234 e. The Balaban J connectivity index is 1.13. The summed E-state index contributed by atoms with van der Waals surface area (Å²) in [6, 6.07) is 19.1. The molecule has 3 aliphatic rings. The maximum absolute atomic E-state index is 3.67. The van der Waals surface area contributed by atoms with E-state index >= 15 is 0 Å². The molecule has 3 saturated heterocycles. The highest BCUT2D eigenvalue weighted by molar-refractivity contribution is 5.23. The lowest BCUT2D eigenvalue weighted by Crippen LogP contribution is -2.38. The van der Waals surface area contributed by atoms with Gasteiger partial charge in [0.25, 0.3) is 0 Å². The summed E-state index contributed by atoms with van der Waals surface area (Å²) in [6.07, 6.45) is 7.10. The highest BCUT2D eigenvalue weighted by Gasteiger charge is 2.14.